The summed E-state index contributed by atoms with van der Waals surface area (Å²) in [6.07, 6.45) is 0. The highest BCUT2D eigenvalue weighted by molar-refractivity contribution is 5.85. The minimum atomic E-state index is -0.750. The molecule has 0 saturated carbocycles. The van der Waals surface area contributed by atoms with Crippen LogP contribution in [0, 0.1) is 29.6 Å². The van der Waals surface area contributed by atoms with Gasteiger partial charge in [-0.05, 0) is 36.8 Å². The van der Waals surface area contributed by atoms with Gasteiger partial charge in [0.25, 0.3) is 0 Å². The lowest BCUT2D eigenvalue weighted by Crippen LogP contribution is -2.31. The fraction of sp³-hybridized carbons (Fsp3) is 0.190. The number of benzene rings is 2. The Hall–Kier alpha value is -3.79. The van der Waals surface area contributed by atoms with E-state index in [0.717, 1.165) is 22.5 Å². The molecule has 7 nitrogen and oxygen atoms in total. The van der Waals surface area contributed by atoms with Crippen molar-refractivity contribution in [2.45, 2.75) is 12.8 Å². The molecule has 2 aliphatic heterocycles. The van der Waals surface area contributed by atoms with E-state index in [1.807, 2.05) is 55.5 Å². The van der Waals surface area contributed by atoms with Gasteiger partial charge in [-0.15, -0.1) is 0 Å². The summed E-state index contributed by atoms with van der Waals surface area (Å²) >= 11 is 0. The zero-order valence-corrected chi connectivity index (χ0v) is 15.0. The second kappa shape index (κ2) is 6.13. The third-order valence-electron chi connectivity index (χ3n) is 5.09. The highest BCUT2D eigenvalue weighted by Crippen LogP contribution is 2.46. The number of nitriles is 1. The number of nitrogens with zero attached hydrogens (tertiary/aromatic N) is 3. The molecule has 2 atom stereocenters. The summed E-state index contributed by atoms with van der Waals surface area (Å²) in [5, 5.41) is 22.8. The highest BCUT2D eigenvalue weighted by atomic mass is 16.7. The monoisotopic (exact) mass is 372 g/mol. The molecule has 138 valence electrons. The summed E-state index contributed by atoms with van der Waals surface area (Å²) in [5.41, 5.74) is 3.26. The molecule has 0 spiro atoms. The van der Waals surface area contributed by atoms with Gasteiger partial charge in [0, 0.05) is 11.5 Å². The Morgan fingerprint density at radius 2 is 1.93 bits per heavy atom. The van der Waals surface area contributed by atoms with E-state index < -0.39 is 5.92 Å². The Balaban J connectivity index is 1.71. The summed E-state index contributed by atoms with van der Waals surface area (Å²) in [6, 6.07) is 17.4. The second-order valence-corrected chi connectivity index (χ2v) is 6.72. The van der Waals surface area contributed by atoms with E-state index >= 15 is 0 Å². The van der Waals surface area contributed by atoms with Crippen LogP contribution in [0.15, 0.2) is 48.5 Å². The summed E-state index contributed by atoms with van der Waals surface area (Å²) in [5.74, 6) is 0.573. The van der Waals surface area contributed by atoms with E-state index in [0.29, 0.717) is 17.4 Å². The van der Waals surface area contributed by atoms with Gasteiger partial charge in [0.05, 0.1) is 17.5 Å². The van der Waals surface area contributed by atoms with E-state index in [2.05, 4.69) is 11.2 Å². The van der Waals surface area contributed by atoms with Crippen LogP contribution in [0.25, 0.3) is 5.69 Å². The van der Waals surface area contributed by atoms with Gasteiger partial charge in [0.1, 0.15) is 5.92 Å². The molecule has 2 aliphatic rings. The average molecular weight is 372 g/mol. The first-order chi connectivity index (χ1) is 13.7. The lowest BCUT2D eigenvalue weighted by atomic mass is 9.79. The maximum Gasteiger partial charge on any atom is 0.231 e. The largest absolute Gasteiger partial charge is 0.454 e. The van der Waals surface area contributed by atoms with Crippen LogP contribution in [0.5, 0.6) is 17.4 Å². The van der Waals surface area contributed by atoms with Crippen molar-refractivity contribution in [1.82, 2.24) is 9.78 Å². The minimum absolute atomic E-state index is 0.0882. The molecule has 1 aromatic heterocycles. The number of hydrogen-bond acceptors (Lipinski definition) is 6. The molecular formula is C21H16N4O3. The first-order valence-electron chi connectivity index (χ1n) is 8.88. The molecule has 3 heterocycles. The van der Waals surface area contributed by atoms with Crippen molar-refractivity contribution >= 4 is 5.90 Å². The Kier molecular flexibility index (Phi) is 3.59. The summed E-state index contributed by atoms with van der Waals surface area (Å²) < 4.78 is 18.4. The molecular weight excluding hydrogens is 356 g/mol. The van der Waals surface area contributed by atoms with Crippen molar-refractivity contribution < 1.29 is 14.2 Å². The fourth-order valence-corrected chi connectivity index (χ4v) is 3.80. The molecule has 1 N–H and O–H groups in total. The minimum Gasteiger partial charge on any atom is -0.454 e. The predicted octanol–water partition coefficient (Wildman–Crippen LogP) is 3.55. The van der Waals surface area contributed by atoms with Gasteiger partial charge >= 0.3 is 0 Å². The molecule has 5 rings (SSSR count). The Bertz CT molecular complexity index is 1130. The third-order valence-corrected chi connectivity index (χ3v) is 5.09. The number of fused-ring (bicyclic) bond motifs is 2. The van der Waals surface area contributed by atoms with Gasteiger partial charge in [-0.3, -0.25) is 5.41 Å². The van der Waals surface area contributed by atoms with Crippen LogP contribution in [0.3, 0.4) is 0 Å². The number of nitrogens with one attached hydrogen (secondary N) is 1. The van der Waals surface area contributed by atoms with Crippen molar-refractivity contribution in [3.63, 3.8) is 0 Å². The molecule has 3 aromatic rings. The van der Waals surface area contributed by atoms with Gasteiger partial charge in [-0.25, -0.2) is 4.68 Å². The molecule has 2 unspecified atom stereocenters. The zero-order valence-electron chi connectivity index (χ0n) is 15.0. The zero-order chi connectivity index (χ0) is 19.3. The molecule has 0 saturated heterocycles. The topological polar surface area (TPSA) is 93.2 Å². The normalized spacial score (nSPS) is 19.6. The lowest BCUT2D eigenvalue weighted by Gasteiger charge is -2.28. The quantitative estimate of drug-likeness (QED) is 0.742. The summed E-state index contributed by atoms with van der Waals surface area (Å²) in [6.45, 7) is 2.07. The van der Waals surface area contributed by atoms with Gasteiger partial charge in [-0.2, -0.15) is 10.4 Å². The van der Waals surface area contributed by atoms with Crippen LogP contribution in [0.2, 0.25) is 0 Å². The number of ether oxygens (including phenoxy) is 3. The molecule has 0 amide bonds. The number of aryl methyl sites for hydroxylation is 1. The van der Waals surface area contributed by atoms with E-state index in [4.69, 9.17) is 19.6 Å². The first kappa shape index (κ1) is 16.4. The van der Waals surface area contributed by atoms with Gasteiger partial charge < -0.3 is 14.2 Å². The molecule has 7 heteroatoms. The first-order valence-corrected chi connectivity index (χ1v) is 8.88. The van der Waals surface area contributed by atoms with E-state index in [-0.39, 0.29) is 18.6 Å². The van der Waals surface area contributed by atoms with Crippen LogP contribution in [0.1, 0.15) is 22.7 Å². The molecule has 0 aliphatic carbocycles. The van der Waals surface area contributed by atoms with Crippen molar-refractivity contribution in [2.75, 3.05) is 6.79 Å². The molecule has 0 fully saturated rings. The molecule has 0 radical (unpaired) electrons. The molecule has 28 heavy (non-hydrogen) atoms. The van der Waals surface area contributed by atoms with Crippen molar-refractivity contribution in [3.05, 3.63) is 65.4 Å². The molecule has 0 bridgehead atoms. The van der Waals surface area contributed by atoms with Crippen LogP contribution in [-0.2, 0) is 0 Å². The van der Waals surface area contributed by atoms with Gasteiger partial charge in [-0.1, -0.05) is 24.3 Å². The van der Waals surface area contributed by atoms with Crippen molar-refractivity contribution in [1.29, 1.82) is 10.7 Å². The fourth-order valence-electron chi connectivity index (χ4n) is 3.80. The SMILES string of the molecule is Cc1nn(-c2ccccc2)c2c1C(c1ccc3c(c1)OCO3)C(C#N)C(=N)O2. The highest BCUT2D eigenvalue weighted by Gasteiger charge is 2.41. The third kappa shape index (κ3) is 2.35. The maximum atomic E-state index is 9.77. The Morgan fingerprint density at radius 1 is 1.14 bits per heavy atom. The Morgan fingerprint density at radius 3 is 2.71 bits per heavy atom. The number of para-hydroxylation sites is 1. The summed E-state index contributed by atoms with van der Waals surface area (Å²) in [7, 11) is 0. The van der Waals surface area contributed by atoms with Gasteiger partial charge in [0.2, 0.25) is 18.6 Å². The standard InChI is InChI=1S/C21H16N4O3/c1-12-18-19(13-7-8-16-17(9-13)27-11-26-16)15(10-22)20(23)28-21(18)25(24-12)14-5-3-2-4-6-14/h2-9,15,19,23H,11H2,1H3. The summed E-state index contributed by atoms with van der Waals surface area (Å²) in [4.78, 5) is 0. The van der Waals surface area contributed by atoms with Gasteiger partial charge in [0.15, 0.2) is 11.5 Å². The maximum absolute atomic E-state index is 9.77. The van der Waals surface area contributed by atoms with E-state index in [9.17, 15) is 5.26 Å². The molecule has 2 aromatic carbocycles. The van der Waals surface area contributed by atoms with Crippen LogP contribution >= 0.6 is 0 Å². The smallest absolute Gasteiger partial charge is 0.231 e. The van der Waals surface area contributed by atoms with Crippen LogP contribution in [0.4, 0.5) is 0 Å². The number of hydrogen-bond donors (Lipinski definition) is 1. The van der Waals surface area contributed by atoms with Crippen molar-refractivity contribution in [3.8, 4) is 29.1 Å². The second-order valence-electron chi connectivity index (χ2n) is 6.72. The number of aromatic nitrogens is 2. The average Bonchev–Trinajstić information content (AvgIpc) is 3.31. The predicted molar refractivity (Wildman–Crippen MR) is 100 cm³/mol. The van der Waals surface area contributed by atoms with Crippen LogP contribution < -0.4 is 14.2 Å². The van der Waals surface area contributed by atoms with Crippen LogP contribution in [-0.4, -0.2) is 22.5 Å². The van der Waals surface area contributed by atoms with Crippen molar-refractivity contribution in [2.24, 2.45) is 5.92 Å². The van der Waals surface area contributed by atoms with E-state index in [1.54, 1.807) is 4.68 Å². The number of rotatable bonds is 2. The lowest BCUT2D eigenvalue weighted by molar-refractivity contribution is 0.174. The van der Waals surface area contributed by atoms with E-state index in [1.165, 1.54) is 0 Å². The Labute approximate surface area is 161 Å².